The van der Waals surface area contributed by atoms with E-state index in [1.807, 2.05) is 45.9 Å². The average Bonchev–Trinajstić information content (AvgIpc) is 2.75. The van der Waals surface area contributed by atoms with Crippen molar-refractivity contribution in [1.82, 2.24) is 10.2 Å². The van der Waals surface area contributed by atoms with Crippen LogP contribution in [0.25, 0.3) is 0 Å². The molecule has 1 atom stereocenters. The van der Waals surface area contributed by atoms with Gasteiger partial charge in [-0.1, -0.05) is 55.2 Å². The van der Waals surface area contributed by atoms with Gasteiger partial charge in [0.15, 0.2) is 6.61 Å². The zero-order valence-electron chi connectivity index (χ0n) is 18.5. The highest BCUT2D eigenvalue weighted by atomic mass is 35.5. The number of carbonyl (C=O) groups is 2. The van der Waals surface area contributed by atoms with Gasteiger partial charge in [0.25, 0.3) is 5.91 Å². The van der Waals surface area contributed by atoms with Crippen molar-refractivity contribution < 1.29 is 14.3 Å². The quantitative estimate of drug-likeness (QED) is 0.517. The standard InChI is InChI=1S/C24H30Cl2N2O3/c1-5-11-27-24(30)21(6-2)28(14-18-9-7-8-10-20(18)25)22(29)15-31-19-12-16(3)23(26)17(4)13-19/h7-10,12-13,21H,5-6,11,14-15H2,1-4H3,(H,27,30)/t21-/m1/s1. The fraction of sp³-hybridized carbons (Fsp3) is 0.417. The Hall–Kier alpha value is -2.24. The highest BCUT2D eigenvalue weighted by Gasteiger charge is 2.29. The van der Waals surface area contributed by atoms with Gasteiger partial charge in [0.05, 0.1) is 0 Å². The normalized spacial score (nSPS) is 11.7. The van der Waals surface area contributed by atoms with Gasteiger partial charge >= 0.3 is 0 Å². The van der Waals surface area contributed by atoms with Crippen LogP contribution in [0.15, 0.2) is 36.4 Å². The van der Waals surface area contributed by atoms with Gasteiger partial charge in [0.1, 0.15) is 11.8 Å². The number of hydrogen-bond donors (Lipinski definition) is 1. The molecule has 2 aromatic carbocycles. The molecular weight excluding hydrogens is 435 g/mol. The van der Waals surface area contributed by atoms with E-state index in [2.05, 4.69) is 5.32 Å². The second kappa shape index (κ2) is 12.0. The van der Waals surface area contributed by atoms with Crippen LogP contribution < -0.4 is 10.1 Å². The molecule has 2 aromatic rings. The summed E-state index contributed by atoms with van der Waals surface area (Å²) in [7, 11) is 0. The Morgan fingerprint density at radius 1 is 1.10 bits per heavy atom. The van der Waals surface area contributed by atoms with E-state index in [1.165, 1.54) is 0 Å². The molecule has 0 bridgehead atoms. The molecule has 0 aromatic heterocycles. The lowest BCUT2D eigenvalue weighted by Crippen LogP contribution is -2.50. The van der Waals surface area contributed by atoms with Crippen LogP contribution in [0.3, 0.4) is 0 Å². The number of ether oxygens (including phenoxy) is 1. The number of halogens is 2. The van der Waals surface area contributed by atoms with Crippen molar-refractivity contribution in [2.45, 2.75) is 53.1 Å². The molecule has 2 amide bonds. The van der Waals surface area contributed by atoms with Gasteiger partial charge in [-0.2, -0.15) is 0 Å². The first-order chi connectivity index (χ1) is 14.8. The van der Waals surface area contributed by atoms with Crippen molar-refractivity contribution in [3.05, 3.63) is 63.1 Å². The molecule has 0 aliphatic rings. The molecule has 0 aliphatic heterocycles. The lowest BCUT2D eigenvalue weighted by molar-refractivity contribution is -0.143. The van der Waals surface area contributed by atoms with Crippen molar-refractivity contribution in [2.75, 3.05) is 13.2 Å². The van der Waals surface area contributed by atoms with Crippen molar-refractivity contribution in [3.8, 4) is 5.75 Å². The number of carbonyl (C=O) groups excluding carboxylic acids is 2. The van der Waals surface area contributed by atoms with E-state index in [4.69, 9.17) is 27.9 Å². The van der Waals surface area contributed by atoms with Gasteiger partial charge in [0.2, 0.25) is 5.91 Å². The van der Waals surface area contributed by atoms with Crippen molar-refractivity contribution in [2.24, 2.45) is 0 Å². The van der Waals surface area contributed by atoms with Gasteiger partial charge in [-0.05, 0) is 61.6 Å². The zero-order chi connectivity index (χ0) is 23.0. The lowest BCUT2D eigenvalue weighted by atomic mass is 10.1. The second-order valence-electron chi connectivity index (χ2n) is 7.49. The number of nitrogens with one attached hydrogen (secondary N) is 1. The molecule has 7 heteroatoms. The first-order valence-corrected chi connectivity index (χ1v) is 11.2. The van der Waals surface area contributed by atoms with Crippen LogP contribution in [0.4, 0.5) is 0 Å². The van der Waals surface area contributed by atoms with Gasteiger partial charge in [-0.25, -0.2) is 0 Å². The van der Waals surface area contributed by atoms with E-state index < -0.39 is 6.04 Å². The number of amides is 2. The fourth-order valence-electron chi connectivity index (χ4n) is 3.31. The van der Waals surface area contributed by atoms with E-state index in [0.717, 1.165) is 23.1 Å². The minimum atomic E-state index is -0.618. The summed E-state index contributed by atoms with van der Waals surface area (Å²) in [6, 6.07) is 10.3. The van der Waals surface area contributed by atoms with Gasteiger partial charge in [0, 0.05) is 23.1 Å². The molecule has 0 radical (unpaired) electrons. The summed E-state index contributed by atoms with van der Waals surface area (Å²) >= 11 is 12.5. The predicted octanol–water partition coefficient (Wildman–Crippen LogP) is 5.32. The molecule has 0 aliphatic carbocycles. The molecule has 31 heavy (non-hydrogen) atoms. The Labute approximate surface area is 194 Å². The SMILES string of the molecule is CCCNC(=O)[C@@H](CC)N(Cc1ccccc1Cl)C(=O)COc1cc(C)c(Cl)c(C)c1. The van der Waals surface area contributed by atoms with Crippen LogP contribution in [0.2, 0.25) is 10.0 Å². The minimum Gasteiger partial charge on any atom is -0.484 e. The Morgan fingerprint density at radius 2 is 1.74 bits per heavy atom. The number of aryl methyl sites for hydroxylation is 2. The van der Waals surface area contributed by atoms with Crippen LogP contribution in [-0.2, 0) is 16.1 Å². The third-order valence-electron chi connectivity index (χ3n) is 5.01. The zero-order valence-corrected chi connectivity index (χ0v) is 20.0. The molecule has 0 saturated carbocycles. The largest absolute Gasteiger partial charge is 0.484 e. The third kappa shape index (κ3) is 6.88. The van der Waals surface area contributed by atoms with Crippen LogP contribution in [-0.4, -0.2) is 35.9 Å². The molecule has 2 rings (SSSR count). The first kappa shape index (κ1) is 25.0. The van der Waals surface area contributed by atoms with Crippen molar-refractivity contribution in [1.29, 1.82) is 0 Å². The van der Waals surface area contributed by atoms with Crippen LogP contribution in [0.5, 0.6) is 5.75 Å². The molecule has 168 valence electrons. The third-order valence-corrected chi connectivity index (χ3v) is 5.97. The van der Waals surface area contributed by atoms with Crippen molar-refractivity contribution in [3.63, 3.8) is 0 Å². The first-order valence-electron chi connectivity index (χ1n) is 10.5. The molecule has 5 nitrogen and oxygen atoms in total. The molecule has 0 saturated heterocycles. The summed E-state index contributed by atoms with van der Waals surface area (Å²) in [5, 5.41) is 4.12. The van der Waals surface area contributed by atoms with Gasteiger partial charge < -0.3 is 15.0 Å². The predicted molar refractivity (Wildman–Crippen MR) is 126 cm³/mol. The molecule has 1 N–H and O–H groups in total. The minimum absolute atomic E-state index is 0.178. The van der Waals surface area contributed by atoms with E-state index in [9.17, 15) is 9.59 Å². The summed E-state index contributed by atoms with van der Waals surface area (Å²) in [5.41, 5.74) is 2.53. The molecule has 0 unspecified atom stereocenters. The molecule has 0 spiro atoms. The highest BCUT2D eigenvalue weighted by Crippen LogP contribution is 2.26. The summed E-state index contributed by atoms with van der Waals surface area (Å²) < 4.78 is 5.77. The maximum atomic E-state index is 13.2. The maximum Gasteiger partial charge on any atom is 0.261 e. The average molecular weight is 465 g/mol. The van der Waals surface area contributed by atoms with Crippen molar-refractivity contribution >= 4 is 35.0 Å². The molecular formula is C24H30Cl2N2O3. The Kier molecular flexibility index (Phi) is 9.66. The van der Waals surface area contributed by atoms with Crippen LogP contribution in [0, 0.1) is 13.8 Å². The lowest BCUT2D eigenvalue weighted by Gasteiger charge is -2.31. The summed E-state index contributed by atoms with van der Waals surface area (Å²) in [5.74, 6) is 0.0977. The van der Waals surface area contributed by atoms with Crippen LogP contribution in [0.1, 0.15) is 43.4 Å². The van der Waals surface area contributed by atoms with E-state index in [0.29, 0.717) is 28.8 Å². The fourth-order valence-corrected chi connectivity index (χ4v) is 3.62. The smallest absolute Gasteiger partial charge is 0.261 e. The highest BCUT2D eigenvalue weighted by molar-refractivity contribution is 6.32. The molecule has 0 heterocycles. The number of rotatable bonds is 10. The Balaban J connectivity index is 2.24. The summed E-state index contributed by atoms with van der Waals surface area (Å²) in [6.07, 6.45) is 1.30. The van der Waals surface area contributed by atoms with E-state index in [-0.39, 0.29) is 25.0 Å². The monoisotopic (exact) mass is 464 g/mol. The molecule has 0 fully saturated rings. The van der Waals surface area contributed by atoms with Crippen LogP contribution >= 0.6 is 23.2 Å². The second-order valence-corrected chi connectivity index (χ2v) is 8.27. The number of nitrogens with zero attached hydrogens (tertiary/aromatic N) is 1. The number of benzene rings is 2. The summed E-state index contributed by atoms with van der Waals surface area (Å²) in [4.78, 5) is 27.5. The number of hydrogen-bond acceptors (Lipinski definition) is 3. The van der Waals surface area contributed by atoms with E-state index in [1.54, 1.807) is 23.1 Å². The Bertz CT molecular complexity index is 894. The maximum absolute atomic E-state index is 13.2. The van der Waals surface area contributed by atoms with Gasteiger partial charge in [-0.15, -0.1) is 0 Å². The topological polar surface area (TPSA) is 58.6 Å². The van der Waals surface area contributed by atoms with Gasteiger partial charge in [-0.3, -0.25) is 9.59 Å². The Morgan fingerprint density at radius 3 is 2.32 bits per heavy atom. The van der Waals surface area contributed by atoms with E-state index >= 15 is 0 Å². The summed E-state index contributed by atoms with van der Waals surface area (Å²) in [6.45, 7) is 8.23.